The van der Waals surface area contributed by atoms with Crippen LogP contribution in [0.5, 0.6) is 5.75 Å². The molecule has 0 unspecified atom stereocenters. The topological polar surface area (TPSA) is 48.2 Å². The van der Waals surface area contributed by atoms with Crippen LogP contribution in [0.1, 0.15) is 13.8 Å². The molecule has 1 rings (SSSR count). The van der Waals surface area contributed by atoms with Crippen molar-refractivity contribution < 1.29 is 5.11 Å². The summed E-state index contributed by atoms with van der Waals surface area (Å²) >= 11 is 0. The van der Waals surface area contributed by atoms with E-state index in [9.17, 15) is 0 Å². The van der Waals surface area contributed by atoms with E-state index < -0.39 is 0 Å². The highest BCUT2D eigenvalue weighted by molar-refractivity contribution is 5.39. The van der Waals surface area contributed by atoms with Crippen molar-refractivity contribution in [2.75, 3.05) is 13.1 Å². The van der Waals surface area contributed by atoms with Crippen molar-refractivity contribution in [2.24, 2.45) is 10.3 Å². The van der Waals surface area contributed by atoms with Crippen LogP contribution in [0, 0.1) is 0 Å². The van der Waals surface area contributed by atoms with Crippen LogP contribution in [0.2, 0.25) is 0 Å². The highest BCUT2D eigenvalue weighted by atomic mass is 16.3. The van der Waals surface area contributed by atoms with Gasteiger partial charge in [-0.1, -0.05) is 5.22 Å². The van der Waals surface area contributed by atoms with Crippen molar-refractivity contribution >= 4 is 5.69 Å². The van der Waals surface area contributed by atoms with E-state index in [4.69, 9.17) is 5.11 Å². The number of aromatic hydroxyl groups is 1. The first-order chi connectivity index (χ1) is 6.76. The van der Waals surface area contributed by atoms with E-state index >= 15 is 0 Å². The van der Waals surface area contributed by atoms with Gasteiger partial charge in [-0.2, -0.15) is 0 Å². The fraction of sp³-hybridized carbons (Fsp3) is 0.400. The highest BCUT2D eigenvalue weighted by Gasteiger charge is 1.93. The Hall–Kier alpha value is -1.58. The molecule has 1 aromatic rings. The minimum Gasteiger partial charge on any atom is -0.508 e. The van der Waals surface area contributed by atoms with Gasteiger partial charge in [0.2, 0.25) is 0 Å². The van der Waals surface area contributed by atoms with E-state index in [0.29, 0.717) is 0 Å². The van der Waals surface area contributed by atoms with E-state index in [1.807, 2.05) is 18.9 Å². The van der Waals surface area contributed by atoms with Gasteiger partial charge in [-0.3, -0.25) is 5.01 Å². The van der Waals surface area contributed by atoms with Crippen molar-refractivity contribution in [3.8, 4) is 5.75 Å². The van der Waals surface area contributed by atoms with Gasteiger partial charge in [0.05, 0.1) is 5.69 Å². The maximum absolute atomic E-state index is 9.04. The van der Waals surface area contributed by atoms with Crippen molar-refractivity contribution in [2.45, 2.75) is 13.8 Å². The first-order valence-electron chi connectivity index (χ1n) is 4.72. The fourth-order valence-electron chi connectivity index (χ4n) is 0.984. The molecule has 0 heterocycles. The first-order valence-corrected chi connectivity index (χ1v) is 4.72. The van der Waals surface area contributed by atoms with Gasteiger partial charge < -0.3 is 5.11 Å². The fourth-order valence-corrected chi connectivity index (χ4v) is 0.984. The molecule has 0 aromatic heterocycles. The highest BCUT2D eigenvalue weighted by Crippen LogP contribution is 2.16. The molecule has 0 amide bonds. The van der Waals surface area contributed by atoms with Crippen LogP contribution < -0.4 is 0 Å². The van der Waals surface area contributed by atoms with E-state index in [2.05, 4.69) is 10.3 Å². The molecule has 0 bridgehead atoms. The Morgan fingerprint density at radius 1 is 1.14 bits per heavy atom. The Kier molecular flexibility index (Phi) is 3.91. The number of benzene rings is 1. The van der Waals surface area contributed by atoms with Crippen LogP contribution in [0.4, 0.5) is 5.69 Å². The van der Waals surface area contributed by atoms with E-state index in [1.54, 1.807) is 24.3 Å². The van der Waals surface area contributed by atoms with Crippen LogP contribution in [0.15, 0.2) is 34.6 Å². The normalized spacial score (nSPS) is 10.7. The summed E-state index contributed by atoms with van der Waals surface area (Å²) in [4.78, 5) is 0. The molecule has 0 fully saturated rings. The SMILES string of the molecule is CCN(CC)N=Nc1ccc(O)cc1. The average Bonchev–Trinajstić information content (AvgIpc) is 2.22. The lowest BCUT2D eigenvalue weighted by Crippen LogP contribution is -2.14. The van der Waals surface area contributed by atoms with Crippen LogP contribution in [0.25, 0.3) is 0 Å². The summed E-state index contributed by atoms with van der Waals surface area (Å²) in [6, 6.07) is 6.64. The van der Waals surface area contributed by atoms with Crippen molar-refractivity contribution in [1.82, 2.24) is 5.01 Å². The molecule has 76 valence electrons. The summed E-state index contributed by atoms with van der Waals surface area (Å²) < 4.78 is 0. The molecule has 0 saturated carbocycles. The quantitative estimate of drug-likeness (QED) is 0.590. The number of phenolic OH excluding ortho intramolecular Hbond substituents is 1. The maximum Gasteiger partial charge on any atom is 0.115 e. The molecule has 1 N–H and O–H groups in total. The van der Waals surface area contributed by atoms with E-state index in [0.717, 1.165) is 18.8 Å². The Morgan fingerprint density at radius 2 is 1.71 bits per heavy atom. The number of rotatable bonds is 4. The summed E-state index contributed by atoms with van der Waals surface area (Å²) in [5.41, 5.74) is 0.745. The molecular formula is C10H15N3O. The maximum atomic E-state index is 9.04. The Labute approximate surface area is 83.9 Å². The van der Waals surface area contributed by atoms with E-state index in [1.165, 1.54) is 0 Å². The van der Waals surface area contributed by atoms with Gasteiger partial charge in [0.1, 0.15) is 5.75 Å². The second kappa shape index (κ2) is 5.21. The minimum atomic E-state index is 0.242. The lowest BCUT2D eigenvalue weighted by molar-refractivity contribution is 0.300. The van der Waals surface area contributed by atoms with Crippen molar-refractivity contribution in [1.29, 1.82) is 0 Å². The average molecular weight is 193 g/mol. The van der Waals surface area contributed by atoms with Crippen LogP contribution in [-0.4, -0.2) is 23.2 Å². The molecule has 0 aliphatic heterocycles. The lowest BCUT2D eigenvalue weighted by atomic mass is 10.3. The third-order valence-electron chi connectivity index (χ3n) is 1.87. The number of phenols is 1. The molecule has 0 spiro atoms. The van der Waals surface area contributed by atoms with Gasteiger partial charge in [0, 0.05) is 13.1 Å². The largest absolute Gasteiger partial charge is 0.508 e. The Morgan fingerprint density at radius 3 is 2.21 bits per heavy atom. The predicted molar refractivity (Wildman–Crippen MR) is 55.5 cm³/mol. The zero-order valence-corrected chi connectivity index (χ0v) is 8.51. The number of hydrogen-bond donors (Lipinski definition) is 1. The molecule has 0 radical (unpaired) electrons. The molecule has 0 saturated heterocycles. The lowest BCUT2D eigenvalue weighted by Gasteiger charge is -2.10. The number of hydrogen-bond acceptors (Lipinski definition) is 3. The molecule has 4 nitrogen and oxygen atoms in total. The second-order valence-corrected chi connectivity index (χ2v) is 2.84. The van der Waals surface area contributed by atoms with E-state index in [-0.39, 0.29) is 5.75 Å². The van der Waals surface area contributed by atoms with Crippen molar-refractivity contribution in [3.63, 3.8) is 0 Å². The third-order valence-corrected chi connectivity index (χ3v) is 1.87. The minimum absolute atomic E-state index is 0.242. The van der Waals surface area contributed by atoms with Crippen LogP contribution in [-0.2, 0) is 0 Å². The van der Waals surface area contributed by atoms with Gasteiger partial charge in [-0.15, -0.1) is 5.11 Å². The predicted octanol–water partition coefficient (Wildman–Crippen LogP) is 2.73. The van der Waals surface area contributed by atoms with Gasteiger partial charge in [-0.25, -0.2) is 0 Å². The Bertz CT molecular complexity index is 291. The smallest absolute Gasteiger partial charge is 0.115 e. The molecule has 1 aromatic carbocycles. The molecule has 0 atom stereocenters. The number of nitrogens with zero attached hydrogens (tertiary/aromatic N) is 3. The summed E-state index contributed by atoms with van der Waals surface area (Å²) in [5, 5.41) is 19.0. The Balaban J connectivity index is 2.63. The standard InChI is InChI=1S/C10H15N3O/c1-3-13(4-2)12-11-9-5-7-10(14)8-6-9/h5-8,14H,3-4H2,1-2H3. The van der Waals surface area contributed by atoms with Gasteiger partial charge >= 0.3 is 0 Å². The molecular weight excluding hydrogens is 178 g/mol. The molecule has 0 aliphatic rings. The summed E-state index contributed by atoms with van der Waals surface area (Å²) in [6.45, 7) is 5.74. The third kappa shape index (κ3) is 3.05. The molecule has 0 aliphatic carbocycles. The summed E-state index contributed by atoms with van der Waals surface area (Å²) in [6.07, 6.45) is 0. The van der Waals surface area contributed by atoms with Gasteiger partial charge in [0.25, 0.3) is 0 Å². The zero-order chi connectivity index (χ0) is 10.4. The first kappa shape index (κ1) is 10.5. The van der Waals surface area contributed by atoms with Gasteiger partial charge in [-0.05, 0) is 38.1 Å². The van der Waals surface area contributed by atoms with Gasteiger partial charge in [0.15, 0.2) is 0 Å². The molecule has 14 heavy (non-hydrogen) atoms. The second-order valence-electron chi connectivity index (χ2n) is 2.84. The monoisotopic (exact) mass is 193 g/mol. The van der Waals surface area contributed by atoms with Crippen LogP contribution >= 0.6 is 0 Å². The zero-order valence-electron chi connectivity index (χ0n) is 8.51. The van der Waals surface area contributed by atoms with Crippen molar-refractivity contribution in [3.05, 3.63) is 24.3 Å². The summed E-state index contributed by atoms with van der Waals surface area (Å²) in [7, 11) is 0. The molecule has 4 heteroatoms. The summed E-state index contributed by atoms with van der Waals surface area (Å²) in [5.74, 6) is 0.242. The van der Waals surface area contributed by atoms with Crippen LogP contribution in [0.3, 0.4) is 0 Å².